The fraction of sp³-hybridized carbons (Fsp3) is 0.857. The molecule has 0 radical (unpaired) electrons. The number of rotatable bonds is 6. The van der Waals surface area contributed by atoms with E-state index in [0.717, 1.165) is 0 Å². The van der Waals surface area contributed by atoms with Crippen LogP contribution in [0.3, 0.4) is 0 Å². The van der Waals surface area contributed by atoms with Crippen LogP contribution in [0.2, 0.25) is 0 Å². The van der Waals surface area contributed by atoms with Gasteiger partial charge >= 0.3 is 6.09 Å². The number of carbonyl (C=O) groups is 1. The van der Waals surface area contributed by atoms with Crippen LogP contribution in [0.25, 0.3) is 0 Å². The molecule has 0 rings (SSSR count). The van der Waals surface area contributed by atoms with Gasteiger partial charge in [-0.3, -0.25) is 0 Å². The monoisotopic (exact) mass is 281 g/mol. The summed E-state index contributed by atoms with van der Waals surface area (Å²) in [6, 6.07) is 0. The van der Waals surface area contributed by atoms with Crippen molar-refractivity contribution in [1.29, 1.82) is 0 Å². The van der Waals surface area contributed by atoms with Gasteiger partial charge in [-0.15, -0.1) is 0 Å². The molecule has 16 heavy (non-hydrogen) atoms. The van der Waals surface area contributed by atoms with Gasteiger partial charge in [0.1, 0.15) is 18.3 Å². The molecule has 0 aliphatic heterocycles. The van der Waals surface area contributed by atoms with E-state index in [0.29, 0.717) is 0 Å². The normalized spacial score (nSPS) is 17.8. The summed E-state index contributed by atoms with van der Waals surface area (Å²) in [5.41, 5.74) is 0. The molecule has 0 saturated carbocycles. The maximum absolute atomic E-state index is 10.0. The molecule has 7 N–H and O–H groups in total. The van der Waals surface area contributed by atoms with Gasteiger partial charge in [0.2, 0.25) is 0 Å². The first-order valence-electron chi connectivity index (χ1n) is 4.20. The van der Waals surface area contributed by atoms with Crippen molar-refractivity contribution in [3.63, 3.8) is 0 Å². The third-order valence-corrected chi connectivity index (χ3v) is 1.79. The van der Waals surface area contributed by atoms with Crippen LogP contribution in [0.1, 0.15) is 0 Å². The van der Waals surface area contributed by atoms with Crippen molar-refractivity contribution in [2.45, 2.75) is 24.4 Å². The Morgan fingerprint density at radius 2 is 1.50 bits per heavy atom. The molecule has 0 spiro atoms. The van der Waals surface area contributed by atoms with Crippen molar-refractivity contribution in [3.8, 4) is 0 Å². The van der Waals surface area contributed by atoms with Gasteiger partial charge in [-0.25, -0.2) is 4.79 Å². The average molecular weight is 281 g/mol. The Morgan fingerprint density at radius 3 is 1.88 bits per heavy atom. The minimum absolute atomic E-state index is 0. The van der Waals surface area contributed by atoms with Crippen LogP contribution in [0.15, 0.2) is 0 Å². The van der Waals surface area contributed by atoms with Gasteiger partial charge in [0.25, 0.3) is 0 Å². The maximum Gasteiger partial charge on any atom is 0.404 e. The van der Waals surface area contributed by atoms with E-state index in [9.17, 15) is 9.90 Å². The van der Waals surface area contributed by atoms with Crippen molar-refractivity contribution < 1.29 is 52.5 Å². The van der Waals surface area contributed by atoms with E-state index in [-0.39, 0.29) is 17.1 Å². The van der Waals surface area contributed by atoms with Crippen molar-refractivity contribution in [2.24, 2.45) is 0 Å². The Bertz CT molecular complexity index is 205. The van der Waals surface area contributed by atoms with E-state index in [2.05, 4.69) is 0 Å². The quantitative estimate of drug-likeness (QED) is 0.252. The summed E-state index contributed by atoms with van der Waals surface area (Å²) in [5.74, 6) is 0. The second kappa shape index (κ2) is 8.71. The maximum atomic E-state index is 10.0. The van der Waals surface area contributed by atoms with Crippen molar-refractivity contribution in [1.82, 2.24) is 5.32 Å². The summed E-state index contributed by atoms with van der Waals surface area (Å²) < 4.78 is 0. The molecular weight excluding hydrogens is 266 g/mol. The van der Waals surface area contributed by atoms with E-state index in [1.807, 2.05) is 0 Å². The predicted octanol–water partition coefficient (Wildman–Crippen LogP) is -3.31. The van der Waals surface area contributed by atoms with Gasteiger partial charge in [-0.2, -0.15) is 0 Å². The first kappa shape index (κ1) is 18.0. The number of nitrogens with one attached hydrogen (secondary N) is 1. The molecule has 0 aromatic heterocycles. The number of aliphatic hydroxyl groups excluding tert-OH is 5. The van der Waals surface area contributed by atoms with E-state index in [4.69, 9.17) is 25.5 Å². The Kier molecular flexibility index (Phi) is 9.78. The zero-order valence-electron chi connectivity index (χ0n) is 8.17. The summed E-state index contributed by atoms with van der Waals surface area (Å²) in [4.78, 5) is 10.0. The summed E-state index contributed by atoms with van der Waals surface area (Å²) in [5, 5.41) is 54.8. The fourth-order valence-electron chi connectivity index (χ4n) is 0.876. The van der Waals surface area contributed by atoms with Crippen LogP contribution in [-0.4, -0.2) is 74.3 Å². The first-order chi connectivity index (χ1) is 6.90. The Hall–Kier alpha value is -0.411. The van der Waals surface area contributed by atoms with Crippen LogP contribution >= 0.6 is 0 Å². The molecule has 4 atom stereocenters. The average Bonchev–Trinajstić information content (AvgIpc) is 2.22. The molecular formula is C7H15FeNO7. The number of amides is 1. The van der Waals surface area contributed by atoms with E-state index < -0.39 is 43.7 Å². The fourth-order valence-corrected chi connectivity index (χ4v) is 0.876. The molecule has 8 nitrogen and oxygen atoms in total. The molecule has 0 saturated heterocycles. The largest absolute Gasteiger partial charge is 0.465 e. The van der Waals surface area contributed by atoms with Crippen molar-refractivity contribution in [2.75, 3.05) is 13.2 Å². The number of aliphatic hydroxyl groups is 5. The Balaban J connectivity index is 0. The van der Waals surface area contributed by atoms with Crippen LogP contribution in [0, 0.1) is 0 Å². The van der Waals surface area contributed by atoms with Crippen molar-refractivity contribution >= 4 is 6.09 Å². The second-order valence-corrected chi connectivity index (χ2v) is 2.98. The van der Waals surface area contributed by atoms with Gasteiger partial charge in [0, 0.05) is 23.6 Å². The molecule has 1 amide bonds. The van der Waals surface area contributed by atoms with Crippen LogP contribution in [-0.2, 0) is 17.1 Å². The van der Waals surface area contributed by atoms with Gasteiger partial charge in [-0.05, 0) is 0 Å². The minimum atomic E-state index is -1.75. The zero-order valence-corrected chi connectivity index (χ0v) is 9.27. The Morgan fingerprint density at radius 1 is 1.06 bits per heavy atom. The molecule has 9 heteroatoms. The van der Waals surface area contributed by atoms with Gasteiger partial charge in [0.15, 0.2) is 0 Å². The summed E-state index contributed by atoms with van der Waals surface area (Å²) in [6.45, 7) is -1.27. The zero-order chi connectivity index (χ0) is 12.0. The molecule has 0 aliphatic rings. The van der Waals surface area contributed by atoms with E-state index in [1.54, 1.807) is 5.32 Å². The molecule has 4 unspecified atom stereocenters. The molecule has 0 aliphatic carbocycles. The predicted molar refractivity (Wildman–Crippen MR) is 47.1 cm³/mol. The topological polar surface area (TPSA) is 150 Å². The second-order valence-electron chi connectivity index (χ2n) is 2.98. The molecule has 0 aromatic carbocycles. The van der Waals surface area contributed by atoms with Crippen molar-refractivity contribution in [3.05, 3.63) is 0 Å². The summed E-state index contributed by atoms with van der Waals surface area (Å²) in [7, 11) is 0. The SMILES string of the molecule is O=C(O)NCC(O)C(O)C(O)C(O)CO.[Fe]. The van der Waals surface area contributed by atoms with Gasteiger partial charge < -0.3 is 36.0 Å². The van der Waals surface area contributed by atoms with Gasteiger partial charge in [0.05, 0.1) is 12.7 Å². The third-order valence-electron chi connectivity index (χ3n) is 1.79. The van der Waals surface area contributed by atoms with Gasteiger partial charge in [-0.1, -0.05) is 0 Å². The molecule has 0 heterocycles. The van der Waals surface area contributed by atoms with Crippen LogP contribution in [0.5, 0.6) is 0 Å². The minimum Gasteiger partial charge on any atom is -0.465 e. The molecule has 0 fully saturated rings. The first-order valence-corrected chi connectivity index (χ1v) is 4.20. The number of hydrogen-bond donors (Lipinski definition) is 7. The van der Waals surface area contributed by atoms with Crippen LogP contribution < -0.4 is 5.32 Å². The Labute approximate surface area is 102 Å². The summed E-state index contributed by atoms with van der Waals surface area (Å²) in [6.07, 6.45) is -8.06. The standard InChI is InChI=1S/C7H15NO7.Fe/c9-2-4(11)6(13)5(12)3(10)1-8-7(14)15;/h3-6,8-13H,1-2H2,(H,14,15);. The van der Waals surface area contributed by atoms with Crippen LogP contribution in [0.4, 0.5) is 4.79 Å². The van der Waals surface area contributed by atoms with E-state index >= 15 is 0 Å². The third kappa shape index (κ3) is 6.23. The number of carboxylic acid groups (broad SMARTS) is 1. The smallest absolute Gasteiger partial charge is 0.404 e. The summed E-state index contributed by atoms with van der Waals surface area (Å²) >= 11 is 0. The molecule has 98 valence electrons. The molecule has 0 bridgehead atoms. The van der Waals surface area contributed by atoms with E-state index in [1.165, 1.54) is 0 Å². The number of hydrogen-bond acceptors (Lipinski definition) is 6. The molecule has 0 aromatic rings.